The molecule has 0 bridgehead atoms. The van der Waals surface area contributed by atoms with Crippen LogP contribution in [0.25, 0.3) is 0 Å². The molecule has 4 heteroatoms. The van der Waals surface area contributed by atoms with E-state index in [0.29, 0.717) is 19.2 Å². The third-order valence-electron chi connectivity index (χ3n) is 3.90. The Morgan fingerprint density at radius 1 is 1.24 bits per heavy atom. The van der Waals surface area contributed by atoms with Crippen molar-refractivity contribution < 1.29 is 4.74 Å². The number of benzene rings is 1. The van der Waals surface area contributed by atoms with E-state index in [4.69, 9.17) is 10.5 Å². The summed E-state index contributed by atoms with van der Waals surface area (Å²) in [7, 11) is 5.96. The van der Waals surface area contributed by atoms with E-state index in [1.54, 1.807) is 7.11 Å². The van der Waals surface area contributed by atoms with Gasteiger partial charge in [0, 0.05) is 32.3 Å². The van der Waals surface area contributed by atoms with E-state index in [2.05, 4.69) is 62.0 Å². The highest BCUT2D eigenvalue weighted by Crippen LogP contribution is 2.25. The number of nitrogens with zero attached hydrogens (tertiary/aromatic N) is 2. The first-order chi connectivity index (χ1) is 10.0. The van der Waals surface area contributed by atoms with Crippen molar-refractivity contribution in [2.45, 2.75) is 32.5 Å². The average molecular weight is 293 g/mol. The van der Waals surface area contributed by atoms with Gasteiger partial charge in [0.1, 0.15) is 0 Å². The summed E-state index contributed by atoms with van der Waals surface area (Å²) in [5, 5.41) is 0. The molecule has 0 aromatic heterocycles. The lowest BCUT2D eigenvalue weighted by Gasteiger charge is -2.37. The van der Waals surface area contributed by atoms with Crippen molar-refractivity contribution in [1.29, 1.82) is 0 Å². The zero-order valence-corrected chi connectivity index (χ0v) is 14.2. The predicted molar refractivity (Wildman–Crippen MR) is 89.3 cm³/mol. The highest BCUT2D eigenvalue weighted by atomic mass is 16.5. The van der Waals surface area contributed by atoms with E-state index in [-0.39, 0.29) is 6.04 Å². The van der Waals surface area contributed by atoms with Gasteiger partial charge in [0.25, 0.3) is 0 Å². The molecule has 1 aromatic carbocycles. The smallest absolute Gasteiger partial charge is 0.0716 e. The van der Waals surface area contributed by atoms with Crippen molar-refractivity contribution >= 4 is 0 Å². The summed E-state index contributed by atoms with van der Waals surface area (Å²) >= 11 is 0. The lowest BCUT2D eigenvalue weighted by molar-refractivity contribution is 0.127. The van der Waals surface area contributed by atoms with Gasteiger partial charge in [-0.15, -0.1) is 0 Å². The molecule has 0 radical (unpaired) electrons. The maximum absolute atomic E-state index is 6.12. The summed E-state index contributed by atoms with van der Waals surface area (Å²) in [6.45, 7) is 7.73. The van der Waals surface area contributed by atoms with Crippen LogP contribution in [-0.4, -0.2) is 56.7 Å². The predicted octanol–water partition coefficient (Wildman–Crippen LogP) is 2.10. The second kappa shape index (κ2) is 9.15. The zero-order valence-electron chi connectivity index (χ0n) is 14.2. The lowest BCUT2D eigenvalue weighted by Crippen LogP contribution is -2.44. The first kappa shape index (κ1) is 18.1. The van der Waals surface area contributed by atoms with E-state index in [1.807, 2.05) is 0 Å². The molecule has 120 valence electrons. The molecule has 0 fully saturated rings. The maximum atomic E-state index is 6.12. The van der Waals surface area contributed by atoms with Gasteiger partial charge in [-0.25, -0.2) is 0 Å². The lowest BCUT2D eigenvalue weighted by atomic mass is 9.98. The summed E-state index contributed by atoms with van der Waals surface area (Å²) in [6, 6.07) is 9.14. The molecule has 0 saturated heterocycles. The van der Waals surface area contributed by atoms with Gasteiger partial charge >= 0.3 is 0 Å². The van der Waals surface area contributed by atoms with Crippen molar-refractivity contribution in [3.8, 4) is 0 Å². The van der Waals surface area contributed by atoms with Crippen LogP contribution < -0.4 is 5.73 Å². The summed E-state index contributed by atoms with van der Waals surface area (Å²) in [5.74, 6) is 0. The van der Waals surface area contributed by atoms with Gasteiger partial charge in [-0.3, -0.25) is 4.90 Å². The molecule has 0 aliphatic heterocycles. The van der Waals surface area contributed by atoms with Crippen molar-refractivity contribution in [2.24, 2.45) is 5.73 Å². The Morgan fingerprint density at radius 2 is 1.90 bits per heavy atom. The molecule has 0 amide bonds. The average Bonchev–Trinajstić information content (AvgIpc) is 2.45. The number of hydrogen-bond acceptors (Lipinski definition) is 4. The normalized spacial score (nSPS) is 14.7. The molecule has 2 N–H and O–H groups in total. The highest BCUT2D eigenvalue weighted by Gasteiger charge is 2.24. The minimum atomic E-state index is 0.233. The van der Waals surface area contributed by atoms with E-state index in [9.17, 15) is 0 Å². The van der Waals surface area contributed by atoms with Crippen LogP contribution in [0.3, 0.4) is 0 Å². The number of rotatable bonds is 9. The van der Waals surface area contributed by atoms with Gasteiger partial charge in [-0.05, 0) is 38.7 Å². The van der Waals surface area contributed by atoms with Crippen molar-refractivity contribution in [2.75, 3.05) is 40.8 Å². The quantitative estimate of drug-likeness (QED) is 0.757. The number of nitrogens with two attached hydrogens (primary N) is 1. The fourth-order valence-corrected chi connectivity index (χ4v) is 3.06. The standard InChI is InChI=1S/C17H31N3O/c1-6-20(14(2)12-19(3)4)17(11-18)16-10-8-7-9-15(16)13-21-5/h7-10,14,17H,6,11-13,18H2,1-5H3. The molecule has 2 unspecified atom stereocenters. The Balaban J connectivity index is 3.04. The van der Waals surface area contributed by atoms with Gasteiger partial charge in [0.15, 0.2) is 0 Å². The van der Waals surface area contributed by atoms with Crippen LogP contribution in [0.5, 0.6) is 0 Å². The topological polar surface area (TPSA) is 41.7 Å². The van der Waals surface area contributed by atoms with E-state index in [1.165, 1.54) is 11.1 Å². The minimum absolute atomic E-state index is 0.233. The number of hydrogen-bond donors (Lipinski definition) is 1. The van der Waals surface area contributed by atoms with Crippen molar-refractivity contribution in [1.82, 2.24) is 9.80 Å². The van der Waals surface area contributed by atoms with Gasteiger partial charge in [0.05, 0.1) is 6.61 Å². The molecule has 0 saturated carbocycles. The number of ether oxygens (including phenoxy) is 1. The number of methoxy groups -OCH3 is 1. The van der Waals surface area contributed by atoms with Crippen LogP contribution in [0.4, 0.5) is 0 Å². The van der Waals surface area contributed by atoms with Crippen molar-refractivity contribution in [3.63, 3.8) is 0 Å². The Hall–Kier alpha value is -0.940. The van der Waals surface area contributed by atoms with E-state index >= 15 is 0 Å². The second-order valence-electron chi connectivity index (χ2n) is 5.83. The summed E-state index contributed by atoms with van der Waals surface area (Å²) in [6.07, 6.45) is 0. The fraction of sp³-hybridized carbons (Fsp3) is 0.647. The molecule has 1 rings (SSSR count). The molecule has 2 atom stereocenters. The zero-order chi connectivity index (χ0) is 15.8. The third kappa shape index (κ3) is 5.08. The Morgan fingerprint density at radius 3 is 2.43 bits per heavy atom. The molecule has 21 heavy (non-hydrogen) atoms. The van der Waals surface area contributed by atoms with Gasteiger partial charge in [-0.1, -0.05) is 31.2 Å². The highest BCUT2D eigenvalue weighted by molar-refractivity contribution is 5.30. The second-order valence-corrected chi connectivity index (χ2v) is 5.83. The van der Waals surface area contributed by atoms with Gasteiger partial charge < -0.3 is 15.4 Å². The third-order valence-corrected chi connectivity index (χ3v) is 3.90. The van der Waals surface area contributed by atoms with Crippen LogP contribution >= 0.6 is 0 Å². The van der Waals surface area contributed by atoms with Crippen LogP contribution in [0.1, 0.15) is 31.0 Å². The molecule has 4 nitrogen and oxygen atoms in total. The van der Waals surface area contributed by atoms with Crippen LogP contribution in [0.2, 0.25) is 0 Å². The largest absolute Gasteiger partial charge is 0.380 e. The summed E-state index contributed by atoms with van der Waals surface area (Å²) < 4.78 is 5.33. The van der Waals surface area contributed by atoms with Crippen molar-refractivity contribution in [3.05, 3.63) is 35.4 Å². The summed E-state index contributed by atoms with van der Waals surface area (Å²) in [4.78, 5) is 4.70. The monoisotopic (exact) mass is 293 g/mol. The molecule has 0 spiro atoms. The SMILES string of the molecule is CCN(C(C)CN(C)C)C(CN)c1ccccc1COC. The minimum Gasteiger partial charge on any atom is -0.380 e. The Bertz CT molecular complexity index is 409. The summed E-state index contributed by atoms with van der Waals surface area (Å²) in [5.41, 5.74) is 8.63. The van der Waals surface area contributed by atoms with E-state index in [0.717, 1.165) is 13.1 Å². The molecule has 0 aliphatic rings. The van der Waals surface area contributed by atoms with Gasteiger partial charge in [0.2, 0.25) is 0 Å². The van der Waals surface area contributed by atoms with Gasteiger partial charge in [-0.2, -0.15) is 0 Å². The number of likely N-dealkylation sites (N-methyl/N-ethyl adjacent to an activating group) is 2. The van der Waals surface area contributed by atoms with Crippen LogP contribution in [0.15, 0.2) is 24.3 Å². The first-order valence-corrected chi connectivity index (χ1v) is 7.72. The van der Waals surface area contributed by atoms with Crippen LogP contribution in [-0.2, 0) is 11.3 Å². The van der Waals surface area contributed by atoms with E-state index < -0.39 is 0 Å². The molecular weight excluding hydrogens is 262 g/mol. The molecular formula is C17H31N3O. The Kier molecular flexibility index (Phi) is 7.89. The molecule has 0 heterocycles. The first-order valence-electron chi connectivity index (χ1n) is 7.72. The fourth-order valence-electron chi connectivity index (χ4n) is 3.06. The Labute approximate surface area is 129 Å². The van der Waals surface area contributed by atoms with Crippen LogP contribution in [0, 0.1) is 0 Å². The molecule has 1 aromatic rings. The maximum Gasteiger partial charge on any atom is 0.0716 e. The molecule has 0 aliphatic carbocycles.